The second kappa shape index (κ2) is 5.67. The van der Waals surface area contributed by atoms with Crippen LogP contribution >= 0.6 is 45.9 Å². The number of aromatic nitrogens is 1. The molecular formula is C11H12Cl2N2S2. The number of hydrogen-bond donors (Lipinski definition) is 1. The Morgan fingerprint density at radius 3 is 2.76 bits per heavy atom. The fourth-order valence-corrected chi connectivity index (χ4v) is 3.87. The van der Waals surface area contributed by atoms with Crippen LogP contribution in [-0.2, 0) is 6.54 Å². The number of thiophene rings is 1. The first-order valence-corrected chi connectivity index (χ1v) is 7.60. The molecule has 2 rings (SSSR count). The van der Waals surface area contributed by atoms with Crippen LogP contribution in [0.4, 0.5) is 0 Å². The van der Waals surface area contributed by atoms with E-state index in [-0.39, 0.29) is 6.04 Å². The van der Waals surface area contributed by atoms with Crippen LogP contribution in [0.25, 0.3) is 0 Å². The van der Waals surface area contributed by atoms with E-state index in [1.165, 1.54) is 16.2 Å². The molecule has 2 aromatic heterocycles. The Balaban J connectivity index is 2.00. The van der Waals surface area contributed by atoms with Crippen molar-refractivity contribution >= 4 is 45.9 Å². The zero-order valence-corrected chi connectivity index (χ0v) is 12.6. The van der Waals surface area contributed by atoms with E-state index in [9.17, 15) is 0 Å². The molecule has 0 aliphatic heterocycles. The Kier molecular flexibility index (Phi) is 4.44. The summed E-state index contributed by atoms with van der Waals surface area (Å²) in [4.78, 5) is 5.48. The molecule has 0 bridgehead atoms. The number of aryl methyl sites for hydroxylation is 1. The molecule has 0 saturated heterocycles. The monoisotopic (exact) mass is 306 g/mol. The maximum Gasteiger partial charge on any atom is 0.0991 e. The van der Waals surface area contributed by atoms with Gasteiger partial charge in [-0.2, -0.15) is 0 Å². The predicted octanol–water partition coefficient (Wildman–Crippen LogP) is 4.67. The normalized spacial score (nSPS) is 12.9. The maximum atomic E-state index is 6.12. The minimum atomic E-state index is 0.188. The third-order valence-corrected chi connectivity index (χ3v) is 5.02. The maximum absolute atomic E-state index is 6.12. The van der Waals surface area contributed by atoms with E-state index in [2.05, 4.69) is 17.2 Å². The van der Waals surface area contributed by atoms with Gasteiger partial charge in [-0.3, -0.25) is 0 Å². The van der Waals surface area contributed by atoms with Gasteiger partial charge in [-0.25, -0.2) is 4.98 Å². The molecule has 0 aliphatic rings. The standard InChI is InChI=1S/C11H12Cl2N2S2/c1-6(8-3-10(12)17-11(8)13)14-4-9-7(2)15-5-16-9/h3,5-6,14H,4H2,1-2H3. The lowest BCUT2D eigenvalue weighted by Gasteiger charge is -2.12. The van der Waals surface area contributed by atoms with Crippen molar-refractivity contribution in [1.82, 2.24) is 10.3 Å². The van der Waals surface area contributed by atoms with Crippen LogP contribution in [0.1, 0.15) is 29.1 Å². The summed E-state index contributed by atoms with van der Waals surface area (Å²) in [7, 11) is 0. The molecule has 0 saturated carbocycles. The van der Waals surface area contributed by atoms with E-state index < -0.39 is 0 Å². The van der Waals surface area contributed by atoms with Crippen LogP contribution < -0.4 is 5.32 Å². The first kappa shape index (κ1) is 13.3. The van der Waals surface area contributed by atoms with Gasteiger partial charge in [0.1, 0.15) is 0 Å². The highest BCUT2D eigenvalue weighted by Crippen LogP contribution is 2.34. The molecular weight excluding hydrogens is 295 g/mol. The summed E-state index contributed by atoms with van der Waals surface area (Å²) in [6.45, 7) is 4.91. The van der Waals surface area contributed by atoms with E-state index in [0.717, 1.165) is 26.5 Å². The first-order valence-electron chi connectivity index (χ1n) is 5.15. The van der Waals surface area contributed by atoms with E-state index >= 15 is 0 Å². The van der Waals surface area contributed by atoms with Gasteiger partial charge in [0.25, 0.3) is 0 Å². The summed E-state index contributed by atoms with van der Waals surface area (Å²) >= 11 is 15.1. The molecule has 6 heteroatoms. The first-order chi connectivity index (χ1) is 8.08. The summed E-state index contributed by atoms with van der Waals surface area (Å²) in [6.07, 6.45) is 0. The Hall–Kier alpha value is -0.130. The Bertz CT molecular complexity index is 507. The lowest BCUT2D eigenvalue weighted by Crippen LogP contribution is -2.17. The minimum absolute atomic E-state index is 0.188. The van der Waals surface area contributed by atoms with E-state index in [1.807, 2.05) is 18.5 Å². The topological polar surface area (TPSA) is 24.9 Å². The van der Waals surface area contributed by atoms with Gasteiger partial charge in [-0.05, 0) is 25.5 Å². The van der Waals surface area contributed by atoms with Gasteiger partial charge in [-0.15, -0.1) is 22.7 Å². The SMILES string of the molecule is Cc1ncsc1CNC(C)c1cc(Cl)sc1Cl. The molecule has 2 heterocycles. The number of hydrogen-bond acceptors (Lipinski definition) is 4. The van der Waals surface area contributed by atoms with Gasteiger partial charge in [0.05, 0.1) is 19.9 Å². The third kappa shape index (κ3) is 3.20. The van der Waals surface area contributed by atoms with Crippen LogP contribution in [0, 0.1) is 6.92 Å². The second-order valence-corrected chi connectivity index (χ2v) is 6.97. The largest absolute Gasteiger partial charge is 0.305 e. The van der Waals surface area contributed by atoms with Crippen LogP contribution in [0.2, 0.25) is 8.67 Å². The number of nitrogens with one attached hydrogen (secondary N) is 1. The van der Waals surface area contributed by atoms with Crippen molar-refractivity contribution in [3.05, 3.63) is 36.4 Å². The molecule has 2 nitrogen and oxygen atoms in total. The lowest BCUT2D eigenvalue weighted by atomic mass is 10.2. The van der Waals surface area contributed by atoms with Crippen molar-refractivity contribution in [2.75, 3.05) is 0 Å². The molecule has 1 N–H and O–H groups in total. The lowest BCUT2D eigenvalue weighted by molar-refractivity contribution is 0.579. The quantitative estimate of drug-likeness (QED) is 0.888. The molecule has 1 unspecified atom stereocenters. The molecule has 2 aromatic rings. The van der Waals surface area contributed by atoms with Crippen molar-refractivity contribution in [2.45, 2.75) is 26.4 Å². The van der Waals surface area contributed by atoms with Crippen LogP contribution in [-0.4, -0.2) is 4.98 Å². The summed E-state index contributed by atoms with van der Waals surface area (Å²) in [5, 5.41) is 3.43. The molecule has 17 heavy (non-hydrogen) atoms. The molecule has 92 valence electrons. The molecule has 0 aromatic carbocycles. The Labute approximate surface area is 119 Å². The smallest absolute Gasteiger partial charge is 0.0991 e. The summed E-state index contributed by atoms with van der Waals surface area (Å²) in [5.74, 6) is 0. The van der Waals surface area contributed by atoms with Crippen molar-refractivity contribution in [2.24, 2.45) is 0 Å². The number of halogens is 2. The Morgan fingerprint density at radius 2 is 2.24 bits per heavy atom. The third-order valence-electron chi connectivity index (χ3n) is 2.56. The average Bonchev–Trinajstić information content (AvgIpc) is 2.81. The van der Waals surface area contributed by atoms with Gasteiger partial charge in [-0.1, -0.05) is 23.2 Å². The van der Waals surface area contributed by atoms with Crippen LogP contribution in [0.5, 0.6) is 0 Å². The van der Waals surface area contributed by atoms with Gasteiger partial charge < -0.3 is 5.32 Å². The van der Waals surface area contributed by atoms with Gasteiger partial charge in [0.15, 0.2) is 0 Å². The molecule has 0 amide bonds. The van der Waals surface area contributed by atoms with Gasteiger partial charge in [0.2, 0.25) is 0 Å². The van der Waals surface area contributed by atoms with E-state index in [1.54, 1.807) is 11.3 Å². The van der Waals surface area contributed by atoms with E-state index in [0.29, 0.717) is 0 Å². The van der Waals surface area contributed by atoms with Gasteiger partial charge in [0, 0.05) is 17.5 Å². The van der Waals surface area contributed by atoms with Crippen molar-refractivity contribution in [3.63, 3.8) is 0 Å². The fraction of sp³-hybridized carbons (Fsp3) is 0.364. The molecule has 0 aliphatic carbocycles. The van der Waals surface area contributed by atoms with Crippen LogP contribution in [0.15, 0.2) is 11.6 Å². The highest BCUT2D eigenvalue weighted by Gasteiger charge is 2.13. The molecule has 0 radical (unpaired) electrons. The van der Waals surface area contributed by atoms with Crippen LogP contribution in [0.3, 0.4) is 0 Å². The summed E-state index contributed by atoms with van der Waals surface area (Å²) < 4.78 is 1.49. The minimum Gasteiger partial charge on any atom is -0.305 e. The van der Waals surface area contributed by atoms with E-state index in [4.69, 9.17) is 23.2 Å². The highest BCUT2D eigenvalue weighted by molar-refractivity contribution is 7.20. The van der Waals surface area contributed by atoms with Crippen molar-refractivity contribution in [1.29, 1.82) is 0 Å². The zero-order valence-electron chi connectivity index (χ0n) is 9.46. The summed E-state index contributed by atoms with van der Waals surface area (Å²) in [5.41, 5.74) is 4.01. The Morgan fingerprint density at radius 1 is 1.47 bits per heavy atom. The highest BCUT2D eigenvalue weighted by atomic mass is 35.5. The molecule has 0 spiro atoms. The number of rotatable bonds is 4. The summed E-state index contributed by atoms with van der Waals surface area (Å²) in [6, 6.07) is 2.11. The number of thiazole rings is 1. The van der Waals surface area contributed by atoms with Crippen molar-refractivity contribution < 1.29 is 0 Å². The predicted molar refractivity (Wildman–Crippen MR) is 76.4 cm³/mol. The molecule has 0 fully saturated rings. The second-order valence-electron chi connectivity index (χ2n) is 3.74. The number of nitrogens with zero attached hydrogens (tertiary/aromatic N) is 1. The fourth-order valence-electron chi connectivity index (χ4n) is 1.50. The van der Waals surface area contributed by atoms with Gasteiger partial charge >= 0.3 is 0 Å². The van der Waals surface area contributed by atoms with Crippen molar-refractivity contribution in [3.8, 4) is 0 Å². The average molecular weight is 307 g/mol. The zero-order chi connectivity index (χ0) is 12.4. The molecule has 1 atom stereocenters.